The topological polar surface area (TPSA) is 55.6 Å². The van der Waals surface area contributed by atoms with Crippen molar-refractivity contribution in [2.75, 3.05) is 20.2 Å². The summed E-state index contributed by atoms with van der Waals surface area (Å²) >= 11 is 0. The minimum atomic E-state index is -0.352. The van der Waals surface area contributed by atoms with Crippen LogP contribution in [0.1, 0.15) is 39.5 Å². The van der Waals surface area contributed by atoms with Crippen molar-refractivity contribution in [2.45, 2.75) is 51.7 Å². The number of carbonyl (C=O) groups is 1. The van der Waals surface area contributed by atoms with Crippen molar-refractivity contribution < 1.29 is 9.53 Å². The van der Waals surface area contributed by atoms with Gasteiger partial charge in [-0.05, 0) is 39.2 Å². The zero-order chi connectivity index (χ0) is 12.8. The molecule has 1 saturated carbocycles. The Hall–Kier alpha value is -0.610. The lowest BCUT2D eigenvalue weighted by atomic mass is 9.83. The number of likely N-dealkylation sites (N-methyl/N-ethyl adjacent to an activating group) is 1. The summed E-state index contributed by atoms with van der Waals surface area (Å²) in [7, 11) is 1.58. The van der Waals surface area contributed by atoms with Crippen molar-refractivity contribution in [1.82, 2.24) is 4.90 Å². The van der Waals surface area contributed by atoms with Gasteiger partial charge in [0.15, 0.2) is 0 Å². The molecule has 3 unspecified atom stereocenters. The first-order chi connectivity index (χ1) is 8.15. The molecule has 1 aliphatic rings. The van der Waals surface area contributed by atoms with Crippen LogP contribution in [-0.4, -0.2) is 43.2 Å². The molecule has 0 aromatic rings. The Morgan fingerprint density at radius 2 is 2.12 bits per heavy atom. The van der Waals surface area contributed by atoms with Gasteiger partial charge in [0.05, 0.1) is 0 Å². The summed E-state index contributed by atoms with van der Waals surface area (Å²) in [5, 5.41) is 0. The Balaban J connectivity index is 2.73. The van der Waals surface area contributed by atoms with E-state index in [1.807, 2.05) is 18.7 Å². The molecule has 0 aliphatic heterocycles. The third-order valence-electron chi connectivity index (χ3n) is 3.90. The summed E-state index contributed by atoms with van der Waals surface area (Å²) in [4.78, 5) is 14.2. The Bertz CT molecular complexity index is 246. The van der Waals surface area contributed by atoms with Crippen molar-refractivity contribution >= 4 is 5.91 Å². The molecule has 0 aromatic carbocycles. The van der Waals surface area contributed by atoms with Gasteiger partial charge in [-0.15, -0.1) is 0 Å². The predicted molar refractivity (Wildman–Crippen MR) is 68.7 cm³/mol. The van der Waals surface area contributed by atoms with Crippen LogP contribution < -0.4 is 5.73 Å². The molecule has 0 radical (unpaired) electrons. The maximum atomic E-state index is 12.2. The first-order valence-electron chi connectivity index (χ1n) is 6.69. The van der Waals surface area contributed by atoms with Gasteiger partial charge in [-0.3, -0.25) is 4.79 Å². The van der Waals surface area contributed by atoms with Crippen LogP contribution in [0.4, 0.5) is 0 Å². The monoisotopic (exact) mass is 242 g/mol. The number of rotatable bonds is 5. The SMILES string of the molecule is CCN(C(=O)C(C)OC)C1CCCCC1CN. The number of nitrogens with two attached hydrogens (primary N) is 1. The quantitative estimate of drug-likeness (QED) is 0.792. The standard InChI is InChI=1S/C13H26N2O2/c1-4-15(13(16)10(2)17-3)12-8-6-5-7-11(12)9-14/h10-12H,4-9,14H2,1-3H3. The molecule has 0 bridgehead atoms. The van der Waals surface area contributed by atoms with Crippen LogP contribution in [0.5, 0.6) is 0 Å². The second-order valence-corrected chi connectivity index (χ2v) is 4.85. The summed E-state index contributed by atoms with van der Waals surface area (Å²) < 4.78 is 5.13. The fourth-order valence-corrected chi connectivity index (χ4v) is 2.76. The minimum Gasteiger partial charge on any atom is -0.372 e. The zero-order valence-corrected chi connectivity index (χ0v) is 11.3. The van der Waals surface area contributed by atoms with Gasteiger partial charge in [0.2, 0.25) is 0 Å². The van der Waals surface area contributed by atoms with E-state index in [4.69, 9.17) is 10.5 Å². The van der Waals surface area contributed by atoms with Crippen LogP contribution in [0.3, 0.4) is 0 Å². The molecule has 1 aliphatic carbocycles. The molecule has 100 valence electrons. The summed E-state index contributed by atoms with van der Waals surface area (Å²) in [6.07, 6.45) is 4.32. The lowest BCUT2D eigenvalue weighted by Gasteiger charge is -2.40. The summed E-state index contributed by atoms with van der Waals surface area (Å²) in [6.45, 7) is 5.26. The van der Waals surface area contributed by atoms with Crippen LogP contribution in [0.2, 0.25) is 0 Å². The smallest absolute Gasteiger partial charge is 0.251 e. The highest BCUT2D eigenvalue weighted by Crippen LogP contribution is 2.28. The molecule has 1 rings (SSSR count). The fourth-order valence-electron chi connectivity index (χ4n) is 2.76. The summed E-state index contributed by atoms with van der Waals surface area (Å²) in [5.74, 6) is 0.553. The van der Waals surface area contributed by atoms with E-state index >= 15 is 0 Å². The zero-order valence-electron chi connectivity index (χ0n) is 11.3. The van der Waals surface area contributed by atoms with Crippen molar-refractivity contribution in [1.29, 1.82) is 0 Å². The first kappa shape index (κ1) is 14.5. The van der Waals surface area contributed by atoms with E-state index in [0.29, 0.717) is 18.5 Å². The van der Waals surface area contributed by atoms with E-state index < -0.39 is 0 Å². The molecule has 0 aromatic heterocycles. The van der Waals surface area contributed by atoms with Crippen LogP contribution in [0.15, 0.2) is 0 Å². The Labute approximate surface area is 104 Å². The largest absolute Gasteiger partial charge is 0.372 e. The molecule has 3 atom stereocenters. The molecule has 0 spiro atoms. The molecule has 0 saturated heterocycles. The Morgan fingerprint density at radius 3 is 2.65 bits per heavy atom. The fraction of sp³-hybridized carbons (Fsp3) is 0.923. The molecule has 17 heavy (non-hydrogen) atoms. The molecule has 1 fully saturated rings. The average Bonchev–Trinajstić information content (AvgIpc) is 2.39. The molecular formula is C13H26N2O2. The van der Waals surface area contributed by atoms with Crippen molar-refractivity contribution in [3.8, 4) is 0 Å². The predicted octanol–water partition coefficient (Wildman–Crippen LogP) is 1.39. The molecule has 2 N–H and O–H groups in total. The van der Waals surface area contributed by atoms with E-state index in [9.17, 15) is 4.79 Å². The number of hydrogen-bond acceptors (Lipinski definition) is 3. The van der Waals surface area contributed by atoms with Gasteiger partial charge in [0.1, 0.15) is 6.10 Å². The van der Waals surface area contributed by atoms with Crippen LogP contribution >= 0.6 is 0 Å². The number of hydrogen-bond donors (Lipinski definition) is 1. The van der Waals surface area contributed by atoms with Gasteiger partial charge in [-0.1, -0.05) is 12.8 Å². The van der Waals surface area contributed by atoms with Crippen molar-refractivity contribution in [2.24, 2.45) is 11.7 Å². The van der Waals surface area contributed by atoms with Gasteiger partial charge >= 0.3 is 0 Å². The van der Waals surface area contributed by atoms with Gasteiger partial charge in [-0.25, -0.2) is 0 Å². The van der Waals surface area contributed by atoms with E-state index in [-0.39, 0.29) is 12.0 Å². The summed E-state index contributed by atoms with van der Waals surface area (Å²) in [6, 6.07) is 0.309. The molecule has 1 amide bonds. The van der Waals surface area contributed by atoms with E-state index in [1.54, 1.807) is 7.11 Å². The van der Waals surface area contributed by atoms with E-state index in [1.165, 1.54) is 12.8 Å². The number of methoxy groups -OCH3 is 1. The molecule has 4 nitrogen and oxygen atoms in total. The third-order valence-corrected chi connectivity index (χ3v) is 3.90. The first-order valence-corrected chi connectivity index (χ1v) is 6.69. The van der Waals surface area contributed by atoms with Crippen LogP contribution in [0.25, 0.3) is 0 Å². The van der Waals surface area contributed by atoms with Gasteiger partial charge in [0.25, 0.3) is 5.91 Å². The van der Waals surface area contributed by atoms with E-state index in [2.05, 4.69) is 0 Å². The Kier molecular flexibility index (Phi) is 5.92. The Morgan fingerprint density at radius 1 is 1.47 bits per heavy atom. The second-order valence-electron chi connectivity index (χ2n) is 4.85. The lowest BCUT2D eigenvalue weighted by molar-refractivity contribution is -0.145. The maximum Gasteiger partial charge on any atom is 0.251 e. The average molecular weight is 242 g/mol. The molecule has 4 heteroatoms. The van der Waals surface area contributed by atoms with Crippen molar-refractivity contribution in [3.05, 3.63) is 0 Å². The third kappa shape index (κ3) is 3.42. The number of amides is 1. The van der Waals surface area contributed by atoms with Crippen molar-refractivity contribution in [3.63, 3.8) is 0 Å². The van der Waals surface area contributed by atoms with Gasteiger partial charge in [-0.2, -0.15) is 0 Å². The number of carbonyl (C=O) groups excluding carboxylic acids is 1. The van der Waals surface area contributed by atoms with Crippen LogP contribution in [0, 0.1) is 5.92 Å². The molecule has 0 heterocycles. The summed E-state index contributed by atoms with van der Waals surface area (Å²) in [5.41, 5.74) is 5.83. The van der Waals surface area contributed by atoms with Crippen LogP contribution in [-0.2, 0) is 9.53 Å². The normalized spacial score (nSPS) is 26.6. The van der Waals surface area contributed by atoms with E-state index in [0.717, 1.165) is 19.4 Å². The maximum absolute atomic E-state index is 12.2. The van der Waals surface area contributed by atoms with Gasteiger partial charge < -0.3 is 15.4 Å². The minimum absolute atomic E-state index is 0.0975. The second kappa shape index (κ2) is 6.97. The highest BCUT2D eigenvalue weighted by molar-refractivity contribution is 5.80. The highest BCUT2D eigenvalue weighted by Gasteiger charge is 2.32. The number of nitrogens with zero attached hydrogens (tertiary/aromatic N) is 1. The number of ether oxygens (including phenoxy) is 1. The lowest BCUT2D eigenvalue weighted by Crippen LogP contribution is -2.50. The molecular weight excluding hydrogens is 216 g/mol. The van der Waals surface area contributed by atoms with Gasteiger partial charge in [0, 0.05) is 19.7 Å². The highest BCUT2D eigenvalue weighted by atomic mass is 16.5.